The average Bonchev–Trinajstić information content (AvgIpc) is 2.90. The monoisotopic (exact) mass is 333 g/mol. The summed E-state index contributed by atoms with van der Waals surface area (Å²) in [6.07, 6.45) is 0. The van der Waals surface area contributed by atoms with Gasteiger partial charge in [0.15, 0.2) is 5.78 Å². The van der Waals surface area contributed by atoms with Crippen LogP contribution in [0, 0.1) is 0 Å². The molecule has 116 valence electrons. The summed E-state index contributed by atoms with van der Waals surface area (Å²) in [4.78, 5) is 25.4. The van der Waals surface area contributed by atoms with E-state index in [1.54, 1.807) is 42.5 Å². The van der Waals surface area contributed by atoms with Crippen molar-refractivity contribution < 1.29 is 9.59 Å². The van der Waals surface area contributed by atoms with E-state index in [-0.39, 0.29) is 11.7 Å². The van der Waals surface area contributed by atoms with E-state index in [9.17, 15) is 9.59 Å². The number of carbonyl (C=O) groups excluding carboxylic acids is 2. The molecule has 1 N–H and O–H groups in total. The first-order valence-corrected chi connectivity index (χ1v) is 7.87. The normalized spacial score (nSPS) is 11.8. The first kappa shape index (κ1) is 14.7. The number of benzene rings is 3. The molecule has 0 atom stereocenters. The Morgan fingerprint density at radius 1 is 0.792 bits per heavy atom. The van der Waals surface area contributed by atoms with Crippen molar-refractivity contribution in [1.29, 1.82) is 0 Å². The topological polar surface area (TPSA) is 46.2 Å². The molecule has 24 heavy (non-hydrogen) atoms. The standard InChI is InChI=1S/C20H12ClNO2/c21-16-11-5-9-14-17(16)13-8-4-10-15(18(13)19(14)23)20(24)22-12-6-2-1-3-7-12/h1-11H,(H,22,24). The smallest absolute Gasteiger partial charge is 0.256 e. The van der Waals surface area contributed by atoms with Crippen LogP contribution in [0.1, 0.15) is 26.3 Å². The molecule has 0 fully saturated rings. The van der Waals surface area contributed by atoms with Crippen LogP contribution in [0.25, 0.3) is 11.1 Å². The number of hydrogen-bond acceptors (Lipinski definition) is 2. The van der Waals surface area contributed by atoms with Gasteiger partial charge in [0.1, 0.15) is 0 Å². The number of carbonyl (C=O) groups is 2. The molecule has 0 spiro atoms. The lowest BCUT2D eigenvalue weighted by atomic mass is 10.00. The maximum Gasteiger partial charge on any atom is 0.256 e. The van der Waals surface area contributed by atoms with Crippen LogP contribution in [0.2, 0.25) is 5.02 Å². The van der Waals surface area contributed by atoms with E-state index in [2.05, 4.69) is 5.32 Å². The lowest BCUT2D eigenvalue weighted by Gasteiger charge is -2.09. The summed E-state index contributed by atoms with van der Waals surface area (Å²) in [5.74, 6) is -0.475. The van der Waals surface area contributed by atoms with E-state index in [4.69, 9.17) is 11.6 Å². The van der Waals surface area contributed by atoms with E-state index in [1.165, 1.54) is 0 Å². The van der Waals surface area contributed by atoms with Gasteiger partial charge in [-0.1, -0.05) is 54.1 Å². The van der Waals surface area contributed by atoms with Crippen molar-refractivity contribution in [3.8, 4) is 11.1 Å². The van der Waals surface area contributed by atoms with Gasteiger partial charge in [-0.05, 0) is 29.8 Å². The fourth-order valence-electron chi connectivity index (χ4n) is 3.04. The zero-order valence-corrected chi connectivity index (χ0v) is 13.3. The Morgan fingerprint density at radius 2 is 1.50 bits per heavy atom. The fourth-order valence-corrected chi connectivity index (χ4v) is 3.31. The van der Waals surface area contributed by atoms with E-state index >= 15 is 0 Å². The van der Waals surface area contributed by atoms with Crippen molar-refractivity contribution in [1.82, 2.24) is 0 Å². The van der Waals surface area contributed by atoms with Gasteiger partial charge in [0, 0.05) is 27.4 Å². The van der Waals surface area contributed by atoms with Gasteiger partial charge in [0.2, 0.25) is 0 Å². The number of rotatable bonds is 2. The van der Waals surface area contributed by atoms with E-state index in [0.717, 1.165) is 0 Å². The van der Waals surface area contributed by atoms with Gasteiger partial charge in [0.05, 0.1) is 5.56 Å². The summed E-state index contributed by atoms with van der Waals surface area (Å²) in [5, 5.41) is 3.34. The van der Waals surface area contributed by atoms with Crippen molar-refractivity contribution >= 4 is 29.0 Å². The quantitative estimate of drug-likeness (QED) is 0.572. The number of halogens is 1. The predicted octanol–water partition coefficient (Wildman–Crippen LogP) is 4.80. The van der Waals surface area contributed by atoms with Crippen LogP contribution in [-0.2, 0) is 0 Å². The minimum absolute atomic E-state index is 0.165. The highest BCUT2D eigenvalue weighted by molar-refractivity contribution is 6.37. The molecule has 1 aliphatic rings. The molecular formula is C20H12ClNO2. The zero-order valence-electron chi connectivity index (χ0n) is 12.5. The van der Waals surface area contributed by atoms with E-state index in [0.29, 0.717) is 38.5 Å². The molecule has 4 rings (SSSR count). The third-order valence-electron chi connectivity index (χ3n) is 4.10. The Balaban J connectivity index is 1.81. The Morgan fingerprint density at radius 3 is 2.29 bits per heavy atom. The average molecular weight is 334 g/mol. The molecular weight excluding hydrogens is 322 g/mol. The lowest BCUT2D eigenvalue weighted by molar-refractivity contribution is 0.0999. The molecule has 0 bridgehead atoms. The van der Waals surface area contributed by atoms with Crippen LogP contribution in [0.5, 0.6) is 0 Å². The number of hydrogen-bond donors (Lipinski definition) is 1. The van der Waals surface area contributed by atoms with Crippen LogP contribution in [0.4, 0.5) is 5.69 Å². The van der Waals surface area contributed by atoms with Gasteiger partial charge in [-0.15, -0.1) is 0 Å². The summed E-state index contributed by atoms with van der Waals surface area (Å²) in [7, 11) is 0. The van der Waals surface area contributed by atoms with Gasteiger partial charge in [-0.3, -0.25) is 9.59 Å². The Labute approximate surface area is 143 Å². The van der Waals surface area contributed by atoms with Crippen LogP contribution < -0.4 is 5.32 Å². The lowest BCUT2D eigenvalue weighted by Crippen LogP contribution is -2.15. The van der Waals surface area contributed by atoms with Gasteiger partial charge in [-0.25, -0.2) is 0 Å². The first-order valence-electron chi connectivity index (χ1n) is 7.50. The molecule has 0 saturated carbocycles. The summed E-state index contributed by atoms with van der Waals surface area (Å²) < 4.78 is 0. The zero-order chi connectivity index (χ0) is 16.7. The predicted molar refractivity (Wildman–Crippen MR) is 94.7 cm³/mol. The molecule has 0 saturated heterocycles. The summed E-state index contributed by atoms with van der Waals surface area (Å²) in [6, 6.07) is 19.6. The van der Waals surface area contributed by atoms with Gasteiger partial charge in [-0.2, -0.15) is 0 Å². The molecule has 1 amide bonds. The molecule has 3 nitrogen and oxygen atoms in total. The minimum atomic E-state index is -0.310. The van der Waals surface area contributed by atoms with Gasteiger partial charge < -0.3 is 5.32 Å². The Hall–Kier alpha value is -2.91. The van der Waals surface area contributed by atoms with Crippen molar-refractivity contribution in [2.24, 2.45) is 0 Å². The molecule has 1 aliphatic carbocycles. The second-order valence-corrected chi connectivity index (χ2v) is 5.95. The van der Waals surface area contributed by atoms with E-state index in [1.807, 2.05) is 24.3 Å². The SMILES string of the molecule is O=C(Nc1ccccc1)c1cccc2c1C(=O)c1cccc(Cl)c1-2. The first-order chi connectivity index (χ1) is 11.7. The highest BCUT2D eigenvalue weighted by atomic mass is 35.5. The number of nitrogens with one attached hydrogen (secondary N) is 1. The number of anilines is 1. The molecule has 3 aromatic rings. The largest absolute Gasteiger partial charge is 0.322 e. The van der Waals surface area contributed by atoms with Gasteiger partial charge >= 0.3 is 0 Å². The Kier molecular flexibility index (Phi) is 3.44. The van der Waals surface area contributed by atoms with Crippen LogP contribution in [-0.4, -0.2) is 11.7 Å². The molecule has 0 aliphatic heterocycles. The van der Waals surface area contributed by atoms with Crippen molar-refractivity contribution in [2.75, 3.05) is 5.32 Å². The Bertz CT molecular complexity index is 980. The summed E-state index contributed by atoms with van der Waals surface area (Å²) in [5.41, 5.74) is 3.40. The number of amides is 1. The van der Waals surface area contributed by atoms with Crippen molar-refractivity contribution in [2.45, 2.75) is 0 Å². The van der Waals surface area contributed by atoms with Crippen LogP contribution >= 0.6 is 11.6 Å². The molecule has 0 heterocycles. The molecule has 0 aromatic heterocycles. The van der Waals surface area contributed by atoms with Crippen LogP contribution in [0.15, 0.2) is 66.7 Å². The number of para-hydroxylation sites is 1. The molecule has 0 unspecified atom stereocenters. The van der Waals surface area contributed by atoms with Gasteiger partial charge in [0.25, 0.3) is 5.91 Å². The summed E-state index contributed by atoms with van der Waals surface area (Å²) >= 11 is 6.27. The second kappa shape index (κ2) is 5.62. The summed E-state index contributed by atoms with van der Waals surface area (Å²) in [6.45, 7) is 0. The second-order valence-electron chi connectivity index (χ2n) is 5.54. The molecule has 0 radical (unpaired) electrons. The molecule has 3 aromatic carbocycles. The van der Waals surface area contributed by atoms with Crippen molar-refractivity contribution in [3.63, 3.8) is 0 Å². The molecule has 4 heteroatoms. The van der Waals surface area contributed by atoms with E-state index < -0.39 is 0 Å². The minimum Gasteiger partial charge on any atom is -0.322 e. The maximum atomic E-state index is 12.8. The number of fused-ring (bicyclic) bond motifs is 3. The third-order valence-corrected chi connectivity index (χ3v) is 4.41. The highest BCUT2D eigenvalue weighted by Gasteiger charge is 2.32. The maximum absolute atomic E-state index is 12.8. The van der Waals surface area contributed by atoms with Crippen LogP contribution in [0.3, 0.4) is 0 Å². The third kappa shape index (κ3) is 2.22. The highest BCUT2D eigenvalue weighted by Crippen LogP contribution is 2.42. The van der Waals surface area contributed by atoms with Crippen molar-refractivity contribution in [3.05, 3.63) is 88.4 Å². The number of ketones is 1. The fraction of sp³-hybridized carbons (Fsp3) is 0.